The molecule has 0 aromatic heterocycles. The third kappa shape index (κ3) is 6.12. The van der Waals surface area contributed by atoms with Crippen molar-refractivity contribution in [2.75, 3.05) is 26.2 Å². The Morgan fingerprint density at radius 3 is 2.64 bits per heavy atom. The SMILES string of the molecule is O=C(CC1CCCCO1)NCC(Cc1ccccc1)N1CCCCC1. The summed E-state index contributed by atoms with van der Waals surface area (Å²) in [6.45, 7) is 3.85. The van der Waals surface area contributed by atoms with Gasteiger partial charge in [-0.25, -0.2) is 0 Å². The zero-order valence-electron chi connectivity index (χ0n) is 15.3. The smallest absolute Gasteiger partial charge is 0.222 e. The first-order chi connectivity index (χ1) is 12.3. The van der Waals surface area contributed by atoms with E-state index in [-0.39, 0.29) is 12.0 Å². The first-order valence-electron chi connectivity index (χ1n) is 9.97. The Bertz CT molecular complexity index is 508. The molecule has 2 aliphatic heterocycles. The van der Waals surface area contributed by atoms with E-state index < -0.39 is 0 Å². The van der Waals surface area contributed by atoms with Crippen LogP contribution in [0.2, 0.25) is 0 Å². The topological polar surface area (TPSA) is 41.6 Å². The molecule has 2 aliphatic rings. The van der Waals surface area contributed by atoms with E-state index in [4.69, 9.17) is 4.74 Å². The lowest BCUT2D eigenvalue weighted by molar-refractivity contribution is -0.125. The second kappa shape index (κ2) is 9.93. The third-order valence-corrected chi connectivity index (χ3v) is 5.44. The number of carbonyl (C=O) groups excluding carboxylic acids is 1. The van der Waals surface area contributed by atoms with Gasteiger partial charge < -0.3 is 10.1 Å². The number of hydrogen-bond acceptors (Lipinski definition) is 3. The van der Waals surface area contributed by atoms with Gasteiger partial charge in [0.25, 0.3) is 0 Å². The lowest BCUT2D eigenvalue weighted by Crippen LogP contribution is -2.47. The van der Waals surface area contributed by atoms with Gasteiger partial charge in [0, 0.05) is 19.2 Å². The lowest BCUT2D eigenvalue weighted by Gasteiger charge is -2.35. The zero-order chi connectivity index (χ0) is 17.3. The fourth-order valence-electron chi connectivity index (χ4n) is 3.98. The number of hydrogen-bond donors (Lipinski definition) is 1. The highest BCUT2D eigenvalue weighted by atomic mass is 16.5. The molecule has 0 saturated carbocycles. The van der Waals surface area contributed by atoms with E-state index in [1.165, 1.54) is 31.2 Å². The fraction of sp³-hybridized carbons (Fsp3) is 0.667. The summed E-state index contributed by atoms with van der Waals surface area (Å²) in [6.07, 6.45) is 8.85. The molecule has 0 radical (unpaired) electrons. The summed E-state index contributed by atoms with van der Waals surface area (Å²) in [7, 11) is 0. The highest BCUT2D eigenvalue weighted by Gasteiger charge is 2.23. The molecule has 2 heterocycles. The number of rotatable bonds is 7. The summed E-state index contributed by atoms with van der Waals surface area (Å²) in [5.74, 6) is 0.141. The molecule has 2 fully saturated rings. The zero-order valence-corrected chi connectivity index (χ0v) is 15.3. The van der Waals surface area contributed by atoms with Gasteiger partial charge >= 0.3 is 0 Å². The maximum atomic E-state index is 12.3. The molecule has 1 aromatic carbocycles. The summed E-state index contributed by atoms with van der Waals surface area (Å²) in [5, 5.41) is 3.19. The van der Waals surface area contributed by atoms with Crippen LogP contribution in [0.25, 0.3) is 0 Å². The minimum Gasteiger partial charge on any atom is -0.378 e. The third-order valence-electron chi connectivity index (χ3n) is 5.44. The number of amides is 1. The monoisotopic (exact) mass is 344 g/mol. The molecule has 0 bridgehead atoms. The van der Waals surface area contributed by atoms with Crippen LogP contribution in [-0.2, 0) is 16.0 Å². The van der Waals surface area contributed by atoms with Gasteiger partial charge in [-0.1, -0.05) is 36.8 Å². The highest BCUT2D eigenvalue weighted by molar-refractivity contribution is 5.76. The van der Waals surface area contributed by atoms with Crippen LogP contribution in [0.1, 0.15) is 50.5 Å². The molecule has 138 valence electrons. The molecule has 4 heteroatoms. The molecular formula is C21H32N2O2. The second-order valence-corrected chi connectivity index (χ2v) is 7.44. The van der Waals surface area contributed by atoms with Crippen molar-refractivity contribution in [2.24, 2.45) is 0 Å². The lowest BCUT2D eigenvalue weighted by atomic mass is 10.0. The van der Waals surface area contributed by atoms with Crippen molar-refractivity contribution < 1.29 is 9.53 Å². The summed E-state index contributed by atoms with van der Waals surface area (Å²) < 4.78 is 5.70. The van der Waals surface area contributed by atoms with Crippen LogP contribution in [0, 0.1) is 0 Å². The molecule has 0 aliphatic carbocycles. The van der Waals surface area contributed by atoms with E-state index in [0.717, 1.165) is 45.5 Å². The number of ether oxygens (including phenoxy) is 1. The molecule has 2 saturated heterocycles. The highest BCUT2D eigenvalue weighted by Crippen LogP contribution is 2.17. The van der Waals surface area contributed by atoms with Gasteiger partial charge in [0.05, 0.1) is 12.5 Å². The largest absolute Gasteiger partial charge is 0.378 e. The van der Waals surface area contributed by atoms with Crippen molar-refractivity contribution in [3.05, 3.63) is 35.9 Å². The van der Waals surface area contributed by atoms with Crippen molar-refractivity contribution in [3.8, 4) is 0 Å². The molecule has 25 heavy (non-hydrogen) atoms. The van der Waals surface area contributed by atoms with Crippen LogP contribution in [0.4, 0.5) is 0 Å². The standard InChI is InChI=1S/C21H32N2O2/c24-21(16-20-11-5-8-14-25-20)22-17-19(23-12-6-2-7-13-23)15-18-9-3-1-4-10-18/h1,3-4,9-10,19-20H,2,5-8,11-17H2,(H,22,24). The van der Waals surface area contributed by atoms with Crippen molar-refractivity contribution in [2.45, 2.75) is 63.5 Å². The second-order valence-electron chi connectivity index (χ2n) is 7.44. The Morgan fingerprint density at radius 1 is 1.12 bits per heavy atom. The van der Waals surface area contributed by atoms with E-state index in [2.05, 4.69) is 40.5 Å². The van der Waals surface area contributed by atoms with Gasteiger partial charge in [-0.05, 0) is 57.2 Å². The number of nitrogens with zero attached hydrogens (tertiary/aromatic N) is 1. The van der Waals surface area contributed by atoms with Gasteiger partial charge in [-0.15, -0.1) is 0 Å². The van der Waals surface area contributed by atoms with Crippen LogP contribution in [0.5, 0.6) is 0 Å². The molecular weight excluding hydrogens is 312 g/mol. The molecule has 0 spiro atoms. The van der Waals surface area contributed by atoms with Crippen molar-refractivity contribution in [3.63, 3.8) is 0 Å². The predicted molar refractivity (Wildman–Crippen MR) is 101 cm³/mol. The normalized spacial score (nSPS) is 23.1. The Labute approximate surface area is 151 Å². The van der Waals surface area contributed by atoms with Crippen molar-refractivity contribution >= 4 is 5.91 Å². The van der Waals surface area contributed by atoms with E-state index in [0.29, 0.717) is 12.5 Å². The minimum atomic E-state index is 0.122. The van der Waals surface area contributed by atoms with Crippen LogP contribution in [0.3, 0.4) is 0 Å². The van der Waals surface area contributed by atoms with E-state index in [9.17, 15) is 4.79 Å². The molecule has 3 rings (SSSR count). The van der Waals surface area contributed by atoms with Gasteiger partial charge in [0.1, 0.15) is 0 Å². The molecule has 2 atom stereocenters. The molecule has 4 nitrogen and oxygen atoms in total. The molecule has 1 aromatic rings. The van der Waals surface area contributed by atoms with Gasteiger partial charge in [0.2, 0.25) is 5.91 Å². The average molecular weight is 344 g/mol. The molecule has 2 unspecified atom stereocenters. The minimum absolute atomic E-state index is 0.122. The quantitative estimate of drug-likeness (QED) is 0.826. The number of carbonyl (C=O) groups is 1. The summed E-state index contributed by atoms with van der Waals surface area (Å²) in [5.41, 5.74) is 1.35. The summed E-state index contributed by atoms with van der Waals surface area (Å²) >= 11 is 0. The maximum Gasteiger partial charge on any atom is 0.222 e. The van der Waals surface area contributed by atoms with Crippen LogP contribution in [0.15, 0.2) is 30.3 Å². The first kappa shape index (κ1) is 18.4. The van der Waals surface area contributed by atoms with E-state index in [1.807, 2.05) is 0 Å². The number of likely N-dealkylation sites (tertiary alicyclic amines) is 1. The maximum absolute atomic E-state index is 12.3. The number of nitrogens with one attached hydrogen (secondary N) is 1. The number of benzene rings is 1. The van der Waals surface area contributed by atoms with Crippen LogP contribution in [-0.4, -0.2) is 49.2 Å². The van der Waals surface area contributed by atoms with Crippen LogP contribution < -0.4 is 5.32 Å². The number of piperidine rings is 1. The predicted octanol–water partition coefficient (Wildman–Crippen LogP) is 3.16. The summed E-state index contributed by atoms with van der Waals surface area (Å²) in [6, 6.07) is 11.0. The van der Waals surface area contributed by atoms with Gasteiger partial charge in [-0.3, -0.25) is 9.69 Å². The molecule has 1 amide bonds. The average Bonchev–Trinajstić information content (AvgIpc) is 2.67. The van der Waals surface area contributed by atoms with Crippen molar-refractivity contribution in [1.29, 1.82) is 0 Å². The fourth-order valence-corrected chi connectivity index (χ4v) is 3.98. The van der Waals surface area contributed by atoms with Gasteiger partial charge in [0.15, 0.2) is 0 Å². The Hall–Kier alpha value is -1.39. The van der Waals surface area contributed by atoms with Crippen molar-refractivity contribution in [1.82, 2.24) is 10.2 Å². The Balaban J connectivity index is 1.52. The van der Waals surface area contributed by atoms with Crippen LogP contribution >= 0.6 is 0 Å². The molecule has 1 N–H and O–H groups in total. The van der Waals surface area contributed by atoms with E-state index >= 15 is 0 Å². The van der Waals surface area contributed by atoms with E-state index in [1.54, 1.807) is 0 Å². The Morgan fingerprint density at radius 2 is 1.92 bits per heavy atom. The first-order valence-corrected chi connectivity index (χ1v) is 9.97. The van der Waals surface area contributed by atoms with Gasteiger partial charge in [-0.2, -0.15) is 0 Å². The summed E-state index contributed by atoms with van der Waals surface area (Å²) in [4.78, 5) is 14.9. The Kier molecular flexibility index (Phi) is 7.31.